The second-order valence-corrected chi connectivity index (χ2v) is 7.91. The summed E-state index contributed by atoms with van der Waals surface area (Å²) in [6.07, 6.45) is 5.63. The quantitative estimate of drug-likeness (QED) is 0.875. The van der Waals surface area contributed by atoms with E-state index in [0.29, 0.717) is 12.2 Å². The molecule has 3 aliphatic rings. The number of carbonyl (C=O) groups is 1. The molecule has 1 atom stereocenters. The van der Waals surface area contributed by atoms with E-state index in [9.17, 15) is 9.90 Å². The molecule has 5 heteroatoms. The van der Waals surface area contributed by atoms with E-state index in [4.69, 9.17) is 9.73 Å². The first kappa shape index (κ1) is 18.0. The predicted octanol–water partition coefficient (Wildman–Crippen LogP) is 2.71. The maximum absolute atomic E-state index is 12.4. The minimum absolute atomic E-state index is 0.0405. The van der Waals surface area contributed by atoms with Crippen LogP contribution in [0.4, 0.5) is 5.69 Å². The number of ether oxygens (including phenoxy) is 1. The first-order chi connectivity index (χ1) is 14.1. The molecule has 0 fully saturated rings. The van der Waals surface area contributed by atoms with Crippen molar-refractivity contribution in [3.05, 3.63) is 57.5 Å². The van der Waals surface area contributed by atoms with Crippen molar-refractivity contribution in [3.63, 3.8) is 0 Å². The molecule has 3 aliphatic heterocycles. The van der Waals surface area contributed by atoms with Gasteiger partial charge in [-0.3, -0.25) is 4.99 Å². The number of nitrogens with zero attached hydrogens (tertiary/aromatic N) is 2. The van der Waals surface area contributed by atoms with Crippen LogP contribution >= 0.6 is 0 Å². The summed E-state index contributed by atoms with van der Waals surface area (Å²) in [5.41, 5.74) is 5.90. The van der Waals surface area contributed by atoms with Crippen LogP contribution in [-0.4, -0.2) is 35.3 Å². The molecule has 0 aliphatic carbocycles. The maximum Gasteiger partial charge on any atom is 0.352 e. The zero-order valence-electron chi connectivity index (χ0n) is 16.7. The summed E-state index contributed by atoms with van der Waals surface area (Å²) in [6.45, 7) is 2.83. The second kappa shape index (κ2) is 6.76. The molecule has 2 aromatic carbocycles. The van der Waals surface area contributed by atoms with E-state index in [0.717, 1.165) is 58.8 Å². The molecule has 0 radical (unpaired) electrons. The highest BCUT2D eigenvalue weighted by Gasteiger charge is 2.36. The Morgan fingerprint density at radius 1 is 1.28 bits per heavy atom. The molecule has 1 N–H and O–H groups in total. The van der Waals surface area contributed by atoms with Crippen LogP contribution in [0, 0.1) is 0 Å². The molecular formula is C24H24N2O3. The number of aliphatic imine (C=N–C) groups is 1. The van der Waals surface area contributed by atoms with Gasteiger partial charge in [0.15, 0.2) is 0 Å². The van der Waals surface area contributed by atoms with Crippen LogP contribution in [0.1, 0.15) is 42.5 Å². The summed E-state index contributed by atoms with van der Waals surface area (Å²) >= 11 is 0. The van der Waals surface area contributed by atoms with Gasteiger partial charge in [-0.15, -0.1) is 0 Å². The number of hydrogen-bond acceptors (Lipinski definition) is 4. The van der Waals surface area contributed by atoms with Gasteiger partial charge in [0.05, 0.1) is 18.8 Å². The summed E-state index contributed by atoms with van der Waals surface area (Å²) in [7, 11) is 1.68. The van der Waals surface area contributed by atoms with Crippen LogP contribution < -0.4 is 15.2 Å². The zero-order valence-corrected chi connectivity index (χ0v) is 16.7. The van der Waals surface area contributed by atoms with Crippen LogP contribution in [0.2, 0.25) is 0 Å². The highest BCUT2D eigenvalue weighted by atomic mass is 16.5. The van der Waals surface area contributed by atoms with Crippen LogP contribution in [-0.2, 0) is 17.6 Å². The van der Waals surface area contributed by atoms with Gasteiger partial charge in [-0.1, -0.05) is 25.5 Å². The Kier molecular flexibility index (Phi) is 4.19. The van der Waals surface area contributed by atoms with Crippen molar-refractivity contribution in [3.8, 4) is 5.75 Å². The third-order valence-corrected chi connectivity index (χ3v) is 6.24. The van der Waals surface area contributed by atoms with Crippen molar-refractivity contribution in [2.75, 3.05) is 13.7 Å². The van der Waals surface area contributed by atoms with E-state index in [1.807, 2.05) is 12.1 Å². The minimum Gasteiger partial charge on any atom is -0.497 e. The predicted molar refractivity (Wildman–Crippen MR) is 113 cm³/mol. The smallest absolute Gasteiger partial charge is 0.352 e. The van der Waals surface area contributed by atoms with E-state index >= 15 is 0 Å². The molecule has 0 aromatic heterocycles. The summed E-state index contributed by atoms with van der Waals surface area (Å²) in [5.74, 6) is -0.0116. The lowest BCUT2D eigenvalue weighted by atomic mass is 9.84. The fraction of sp³-hybridized carbons (Fsp3) is 0.333. The molecule has 0 saturated carbocycles. The van der Waals surface area contributed by atoms with Gasteiger partial charge in [-0.25, -0.2) is 4.79 Å². The molecule has 148 valence electrons. The van der Waals surface area contributed by atoms with Gasteiger partial charge in [-0.2, -0.15) is 0 Å². The van der Waals surface area contributed by atoms with Gasteiger partial charge in [0.1, 0.15) is 11.4 Å². The minimum atomic E-state index is -0.862. The first-order valence-electron chi connectivity index (χ1n) is 10.2. The SMILES string of the molecule is CCCC1=Nc2ccc3c(c2=C1)=C(C(=O)O)N1CCc2cc(OC)ccc2C1C3. The van der Waals surface area contributed by atoms with Gasteiger partial charge >= 0.3 is 5.97 Å². The molecule has 0 amide bonds. The van der Waals surface area contributed by atoms with E-state index in [-0.39, 0.29) is 6.04 Å². The van der Waals surface area contributed by atoms with Gasteiger partial charge < -0.3 is 14.7 Å². The Labute approximate surface area is 169 Å². The first-order valence-corrected chi connectivity index (χ1v) is 10.2. The molecule has 0 spiro atoms. The van der Waals surface area contributed by atoms with Crippen molar-refractivity contribution >= 4 is 29.1 Å². The maximum atomic E-state index is 12.4. The lowest BCUT2D eigenvalue weighted by Crippen LogP contribution is -2.48. The Morgan fingerprint density at radius 3 is 2.90 bits per heavy atom. The van der Waals surface area contributed by atoms with Crippen molar-refractivity contribution in [2.45, 2.75) is 38.6 Å². The normalized spacial score (nSPS) is 18.8. The lowest BCUT2D eigenvalue weighted by molar-refractivity contribution is -0.132. The van der Waals surface area contributed by atoms with Gasteiger partial charge in [0, 0.05) is 22.7 Å². The fourth-order valence-corrected chi connectivity index (χ4v) is 4.97. The number of rotatable bonds is 4. The molecule has 2 aromatic rings. The number of hydrogen-bond donors (Lipinski definition) is 1. The highest BCUT2D eigenvalue weighted by molar-refractivity contribution is 6.15. The van der Waals surface area contributed by atoms with E-state index in [1.54, 1.807) is 7.11 Å². The van der Waals surface area contributed by atoms with Gasteiger partial charge in [0.25, 0.3) is 0 Å². The van der Waals surface area contributed by atoms with Crippen LogP contribution in [0.25, 0.3) is 11.8 Å². The summed E-state index contributed by atoms with van der Waals surface area (Å²) in [6, 6.07) is 10.3. The molecule has 29 heavy (non-hydrogen) atoms. The Balaban J connectivity index is 1.70. The van der Waals surface area contributed by atoms with Gasteiger partial charge in [-0.05, 0) is 60.2 Å². The Bertz CT molecular complexity index is 1180. The van der Waals surface area contributed by atoms with E-state index < -0.39 is 5.97 Å². The molecule has 5 nitrogen and oxygen atoms in total. The fourth-order valence-electron chi connectivity index (χ4n) is 4.97. The van der Waals surface area contributed by atoms with Crippen molar-refractivity contribution in [1.82, 2.24) is 4.90 Å². The summed E-state index contributed by atoms with van der Waals surface area (Å²) in [5, 5.41) is 12.0. The van der Waals surface area contributed by atoms with Crippen molar-refractivity contribution < 1.29 is 14.6 Å². The average Bonchev–Trinajstić information content (AvgIpc) is 3.14. The third kappa shape index (κ3) is 2.76. The number of benzene rings is 2. The average molecular weight is 388 g/mol. The van der Waals surface area contributed by atoms with Crippen molar-refractivity contribution in [2.24, 2.45) is 4.99 Å². The number of aliphatic carboxylic acids is 1. The lowest BCUT2D eigenvalue weighted by Gasteiger charge is -2.42. The molecule has 1 unspecified atom stereocenters. The standard InChI is InChI=1S/C24H24N2O3/c1-3-4-16-13-19-20(25-16)8-5-15-12-21-18-7-6-17(29-2)11-14(18)9-10-26(21)23(22(15)19)24(27)28/h5-8,11,13,21H,3-4,9-10,12H2,1-2H3,(H,27,28). The number of methoxy groups -OCH3 is 1. The monoisotopic (exact) mass is 388 g/mol. The molecule has 5 rings (SSSR count). The molecule has 0 saturated heterocycles. The van der Waals surface area contributed by atoms with Gasteiger partial charge in [0.2, 0.25) is 0 Å². The van der Waals surface area contributed by atoms with Crippen LogP contribution in [0.3, 0.4) is 0 Å². The largest absolute Gasteiger partial charge is 0.497 e. The van der Waals surface area contributed by atoms with E-state index in [1.165, 1.54) is 11.1 Å². The zero-order chi connectivity index (χ0) is 20.1. The van der Waals surface area contributed by atoms with Crippen LogP contribution in [0.15, 0.2) is 35.3 Å². The van der Waals surface area contributed by atoms with E-state index in [2.05, 4.69) is 36.1 Å². The molecule has 0 bridgehead atoms. The topological polar surface area (TPSA) is 62.1 Å². The Hall–Kier alpha value is -3.08. The highest BCUT2D eigenvalue weighted by Crippen LogP contribution is 2.38. The summed E-state index contributed by atoms with van der Waals surface area (Å²) in [4.78, 5) is 19.3. The Morgan fingerprint density at radius 2 is 2.14 bits per heavy atom. The summed E-state index contributed by atoms with van der Waals surface area (Å²) < 4.78 is 5.38. The third-order valence-electron chi connectivity index (χ3n) is 6.24. The molecular weight excluding hydrogens is 364 g/mol. The number of carboxylic acid groups (broad SMARTS) is 1. The van der Waals surface area contributed by atoms with Crippen LogP contribution in [0.5, 0.6) is 5.75 Å². The van der Waals surface area contributed by atoms with Crippen molar-refractivity contribution in [1.29, 1.82) is 0 Å². The number of carboxylic acids is 1. The second-order valence-electron chi connectivity index (χ2n) is 7.91. The molecule has 3 heterocycles. The number of fused-ring (bicyclic) bond motifs is 6.